The smallest absolute Gasteiger partial charge is 0.251 e. The summed E-state index contributed by atoms with van der Waals surface area (Å²) < 4.78 is 2.32. The lowest BCUT2D eigenvalue weighted by Gasteiger charge is -2.08. The van der Waals surface area contributed by atoms with Gasteiger partial charge in [-0.2, -0.15) is 5.10 Å². The number of amides is 2. The minimum atomic E-state index is -0.199. The molecular formula is C20H23N5O2S2. The fourth-order valence-electron chi connectivity index (χ4n) is 2.83. The summed E-state index contributed by atoms with van der Waals surface area (Å²) >= 11 is 6.77. The highest BCUT2D eigenvalue weighted by Crippen LogP contribution is 2.14. The third-order valence-electron chi connectivity index (χ3n) is 4.42. The van der Waals surface area contributed by atoms with Gasteiger partial charge in [-0.3, -0.25) is 14.7 Å². The zero-order chi connectivity index (χ0) is 20.6. The number of aromatic nitrogens is 3. The quantitative estimate of drug-likeness (QED) is 0.454. The van der Waals surface area contributed by atoms with E-state index in [1.165, 1.54) is 4.88 Å². The van der Waals surface area contributed by atoms with Crippen LogP contribution in [0.2, 0.25) is 0 Å². The van der Waals surface area contributed by atoms with Crippen LogP contribution in [0, 0.1) is 4.77 Å². The molecule has 9 heteroatoms. The number of carbonyl (C=O) groups excluding carboxylic acids is 2. The first-order chi connectivity index (χ1) is 14.0. The van der Waals surface area contributed by atoms with E-state index >= 15 is 0 Å². The fraction of sp³-hybridized carbons (Fsp3) is 0.300. The van der Waals surface area contributed by atoms with Gasteiger partial charge in [0.25, 0.3) is 5.91 Å². The molecule has 7 nitrogen and oxygen atoms in total. The number of nitrogens with zero attached hydrogens (tertiary/aromatic N) is 2. The van der Waals surface area contributed by atoms with E-state index in [1.54, 1.807) is 40.2 Å². The number of aryl methyl sites for hydroxylation is 1. The highest BCUT2D eigenvalue weighted by atomic mass is 32.1. The average molecular weight is 430 g/mol. The third kappa shape index (κ3) is 6.10. The van der Waals surface area contributed by atoms with Crippen molar-refractivity contribution in [1.82, 2.24) is 20.1 Å². The molecule has 3 N–H and O–H groups in total. The molecule has 0 radical (unpaired) electrons. The van der Waals surface area contributed by atoms with E-state index in [2.05, 4.69) is 26.9 Å². The van der Waals surface area contributed by atoms with E-state index in [9.17, 15) is 9.59 Å². The molecule has 152 valence electrons. The first-order valence-electron chi connectivity index (χ1n) is 9.33. The topological polar surface area (TPSA) is 91.8 Å². The maximum Gasteiger partial charge on any atom is 0.251 e. The summed E-state index contributed by atoms with van der Waals surface area (Å²) in [6.45, 7) is 0.436. The maximum atomic E-state index is 12.4. The number of nitrogens with one attached hydrogen (secondary N) is 3. The second-order valence-electron chi connectivity index (χ2n) is 6.57. The summed E-state index contributed by atoms with van der Waals surface area (Å²) in [5, 5.41) is 14.6. The van der Waals surface area contributed by atoms with Crippen molar-refractivity contribution in [2.24, 2.45) is 7.05 Å². The second-order valence-corrected chi connectivity index (χ2v) is 7.99. The van der Waals surface area contributed by atoms with Crippen molar-refractivity contribution in [3.05, 3.63) is 62.8 Å². The van der Waals surface area contributed by atoms with Gasteiger partial charge in [-0.25, -0.2) is 0 Å². The molecule has 0 unspecified atom stereocenters. The number of thiophene rings is 1. The molecule has 0 saturated carbocycles. The summed E-state index contributed by atoms with van der Waals surface area (Å²) in [7, 11) is 1.83. The van der Waals surface area contributed by atoms with Crippen LogP contribution in [0.1, 0.15) is 33.9 Å². The normalized spacial score (nSPS) is 10.7. The van der Waals surface area contributed by atoms with Gasteiger partial charge in [0.15, 0.2) is 4.77 Å². The van der Waals surface area contributed by atoms with Crippen LogP contribution in [0.3, 0.4) is 0 Å². The van der Waals surface area contributed by atoms with Crippen molar-refractivity contribution in [3.8, 4) is 0 Å². The summed E-state index contributed by atoms with van der Waals surface area (Å²) in [4.78, 5) is 25.8. The number of rotatable bonds is 9. The molecule has 3 aromatic rings. The summed E-state index contributed by atoms with van der Waals surface area (Å²) in [5.41, 5.74) is 1.12. The number of aromatic amines is 1. The molecule has 2 amide bonds. The zero-order valence-electron chi connectivity index (χ0n) is 16.1. The lowest BCUT2D eigenvalue weighted by Crippen LogP contribution is -2.26. The van der Waals surface area contributed by atoms with Crippen molar-refractivity contribution in [1.29, 1.82) is 0 Å². The number of hydrogen-bond acceptors (Lipinski definition) is 5. The number of hydrogen-bond donors (Lipinski definition) is 3. The number of benzene rings is 1. The maximum absolute atomic E-state index is 12.4. The molecule has 0 aliphatic heterocycles. The summed E-state index contributed by atoms with van der Waals surface area (Å²) in [5.74, 6) is 0.527. The lowest BCUT2D eigenvalue weighted by atomic mass is 10.1. The second kappa shape index (κ2) is 10.1. The van der Waals surface area contributed by atoms with Gasteiger partial charge in [0.05, 0.1) is 0 Å². The van der Waals surface area contributed by atoms with Crippen molar-refractivity contribution in [2.75, 3.05) is 11.9 Å². The number of H-pyrrole nitrogens is 1. The van der Waals surface area contributed by atoms with E-state index < -0.39 is 0 Å². The van der Waals surface area contributed by atoms with E-state index in [0.717, 1.165) is 18.7 Å². The molecule has 2 aromatic heterocycles. The monoisotopic (exact) mass is 429 g/mol. The summed E-state index contributed by atoms with van der Waals surface area (Å²) in [6.07, 6.45) is 2.70. The molecule has 0 bridgehead atoms. The van der Waals surface area contributed by atoms with Crippen LogP contribution in [0.4, 0.5) is 5.69 Å². The van der Waals surface area contributed by atoms with Gasteiger partial charge in [0, 0.05) is 42.6 Å². The van der Waals surface area contributed by atoms with Gasteiger partial charge >= 0.3 is 0 Å². The van der Waals surface area contributed by atoms with Crippen LogP contribution in [0.25, 0.3) is 0 Å². The van der Waals surface area contributed by atoms with Crippen LogP contribution >= 0.6 is 23.6 Å². The molecule has 2 heterocycles. The first-order valence-corrected chi connectivity index (χ1v) is 10.6. The molecule has 0 atom stereocenters. The molecular weight excluding hydrogens is 406 g/mol. The predicted octanol–water partition coefficient (Wildman–Crippen LogP) is 3.47. The number of anilines is 1. The Morgan fingerprint density at radius 3 is 2.83 bits per heavy atom. The molecule has 3 rings (SSSR count). The van der Waals surface area contributed by atoms with Crippen molar-refractivity contribution < 1.29 is 9.59 Å². The highest BCUT2D eigenvalue weighted by molar-refractivity contribution is 7.71. The Morgan fingerprint density at radius 2 is 2.10 bits per heavy atom. The zero-order valence-corrected chi connectivity index (χ0v) is 17.7. The molecule has 0 saturated heterocycles. The van der Waals surface area contributed by atoms with Gasteiger partial charge < -0.3 is 15.2 Å². The minimum Gasteiger partial charge on any atom is -0.352 e. The SMILES string of the molecule is Cn1c(CCNC(=O)c2cccc(NC(=O)CCCc3cccs3)c2)n[nH]c1=S. The van der Waals surface area contributed by atoms with Crippen molar-refractivity contribution >= 4 is 41.1 Å². The molecule has 29 heavy (non-hydrogen) atoms. The Balaban J connectivity index is 1.46. The van der Waals surface area contributed by atoms with Gasteiger partial charge in [-0.1, -0.05) is 12.1 Å². The Morgan fingerprint density at radius 1 is 1.24 bits per heavy atom. The highest BCUT2D eigenvalue weighted by Gasteiger charge is 2.09. The van der Waals surface area contributed by atoms with Crippen molar-refractivity contribution in [3.63, 3.8) is 0 Å². The minimum absolute atomic E-state index is 0.0511. The Bertz CT molecular complexity index is 1020. The third-order valence-corrected chi connectivity index (χ3v) is 5.72. The van der Waals surface area contributed by atoms with Gasteiger partial charge in [0.1, 0.15) is 5.82 Å². The Hall–Kier alpha value is -2.78. The lowest BCUT2D eigenvalue weighted by molar-refractivity contribution is -0.116. The predicted molar refractivity (Wildman–Crippen MR) is 117 cm³/mol. The van der Waals surface area contributed by atoms with E-state index in [1.807, 2.05) is 18.5 Å². The van der Waals surface area contributed by atoms with Gasteiger partial charge in [-0.15, -0.1) is 11.3 Å². The number of carbonyl (C=O) groups is 2. The van der Waals surface area contributed by atoms with E-state index in [-0.39, 0.29) is 11.8 Å². The standard InChI is InChI=1S/C20H23N5O2S2/c1-25-17(23-24-20(25)28)10-11-21-19(27)14-5-2-6-15(13-14)22-18(26)9-3-7-16-8-4-12-29-16/h2,4-6,8,12-13H,3,7,9-11H2,1H3,(H,21,27)(H,22,26)(H,24,28). The average Bonchev–Trinajstić information content (AvgIpc) is 3.33. The van der Waals surface area contributed by atoms with Crippen LogP contribution in [0.5, 0.6) is 0 Å². The van der Waals surface area contributed by atoms with Crippen LogP contribution in [-0.4, -0.2) is 33.1 Å². The largest absolute Gasteiger partial charge is 0.352 e. The van der Waals surface area contributed by atoms with Crippen LogP contribution < -0.4 is 10.6 Å². The van der Waals surface area contributed by atoms with Gasteiger partial charge in [0.2, 0.25) is 5.91 Å². The Labute approximate surface area is 178 Å². The molecule has 1 aromatic carbocycles. The summed E-state index contributed by atoms with van der Waals surface area (Å²) in [6, 6.07) is 11.0. The molecule has 0 aliphatic rings. The molecule has 0 spiro atoms. The first kappa shape index (κ1) is 20.9. The van der Waals surface area contributed by atoms with E-state index in [4.69, 9.17) is 12.2 Å². The van der Waals surface area contributed by atoms with Crippen LogP contribution in [-0.2, 0) is 24.7 Å². The van der Waals surface area contributed by atoms with Crippen molar-refractivity contribution in [2.45, 2.75) is 25.7 Å². The fourth-order valence-corrected chi connectivity index (χ4v) is 3.74. The van der Waals surface area contributed by atoms with Crippen LogP contribution in [0.15, 0.2) is 41.8 Å². The Kier molecular flexibility index (Phi) is 7.31. The molecule has 0 fully saturated rings. The van der Waals surface area contributed by atoms with E-state index in [0.29, 0.717) is 35.4 Å². The van der Waals surface area contributed by atoms with Gasteiger partial charge in [-0.05, 0) is 54.7 Å². The molecule has 0 aliphatic carbocycles.